The molecule has 1 fully saturated rings. The van der Waals surface area contributed by atoms with Crippen molar-refractivity contribution in [3.05, 3.63) is 40.1 Å². The highest BCUT2D eigenvalue weighted by molar-refractivity contribution is 5.92. The maximum absolute atomic E-state index is 13.0. The zero-order valence-corrected chi connectivity index (χ0v) is 15.8. The minimum atomic E-state index is 0.00118. The molecule has 140 valence electrons. The van der Waals surface area contributed by atoms with Crippen molar-refractivity contribution in [3.8, 4) is 0 Å². The number of H-pyrrole nitrogens is 1. The Labute approximate surface area is 154 Å². The summed E-state index contributed by atoms with van der Waals surface area (Å²) in [6.07, 6.45) is 5.07. The van der Waals surface area contributed by atoms with Gasteiger partial charge >= 0.3 is 0 Å². The number of carbonyl (C=O) groups is 1. The van der Waals surface area contributed by atoms with Gasteiger partial charge in [-0.25, -0.2) is 0 Å². The topological polar surface area (TPSA) is 65.4 Å². The molecule has 0 radical (unpaired) electrons. The van der Waals surface area contributed by atoms with Crippen LogP contribution in [0.25, 0.3) is 0 Å². The number of hydrogen-bond acceptors (Lipinski definition) is 4. The second kappa shape index (κ2) is 7.27. The van der Waals surface area contributed by atoms with E-state index in [-0.39, 0.29) is 5.91 Å². The van der Waals surface area contributed by atoms with Gasteiger partial charge in [-0.3, -0.25) is 14.8 Å². The first-order valence-corrected chi connectivity index (χ1v) is 9.87. The Bertz CT molecular complexity index is 772. The Morgan fingerprint density at radius 3 is 2.77 bits per heavy atom. The monoisotopic (exact) mass is 356 g/mol. The summed E-state index contributed by atoms with van der Waals surface area (Å²) in [5.41, 5.74) is 4.61. The maximum atomic E-state index is 13.0. The molecular weight excluding hydrogens is 328 g/mol. The van der Waals surface area contributed by atoms with E-state index >= 15 is 0 Å². The number of aryl methyl sites for hydroxylation is 2. The Morgan fingerprint density at radius 1 is 1.23 bits per heavy atom. The number of nitrogens with one attached hydrogen (secondary N) is 1. The van der Waals surface area contributed by atoms with E-state index in [0.29, 0.717) is 18.8 Å². The number of fused-ring (bicyclic) bond motifs is 1. The molecule has 2 aliphatic heterocycles. The maximum Gasteiger partial charge on any atom is 0.289 e. The Kier molecular flexibility index (Phi) is 4.85. The van der Waals surface area contributed by atoms with Gasteiger partial charge < -0.3 is 9.32 Å². The Hall–Kier alpha value is -2.08. The molecule has 0 bridgehead atoms. The molecule has 2 aliphatic rings. The lowest BCUT2D eigenvalue weighted by atomic mass is 10.0. The fourth-order valence-corrected chi connectivity index (χ4v) is 4.16. The van der Waals surface area contributed by atoms with Crippen LogP contribution in [0.3, 0.4) is 0 Å². The lowest BCUT2D eigenvalue weighted by molar-refractivity contribution is 0.0700. The molecule has 26 heavy (non-hydrogen) atoms. The van der Waals surface area contributed by atoms with Crippen molar-refractivity contribution < 1.29 is 9.21 Å². The highest BCUT2D eigenvalue weighted by atomic mass is 16.4. The molecule has 0 spiro atoms. The van der Waals surface area contributed by atoms with Gasteiger partial charge in [-0.1, -0.05) is 13.8 Å². The van der Waals surface area contributed by atoms with Gasteiger partial charge in [-0.2, -0.15) is 5.10 Å². The summed E-state index contributed by atoms with van der Waals surface area (Å²) in [5.74, 6) is 1.44. The van der Waals surface area contributed by atoms with Crippen LogP contribution in [0.4, 0.5) is 0 Å². The summed E-state index contributed by atoms with van der Waals surface area (Å²) in [7, 11) is 0. The molecule has 0 aromatic carbocycles. The predicted molar refractivity (Wildman–Crippen MR) is 99.0 cm³/mol. The van der Waals surface area contributed by atoms with E-state index in [9.17, 15) is 4.79 Å². The first-order chi connectivity index (χ1) is 12.7. The smallest absolute Gasteiger partial charge is 0.289 e. The van der Waals surface area contributed by atoms with E-state index in [1.807, 2.05) is 11.0 Å². The van der Waals surface area contributed by atoms with Crippen molar-refractivity contribution in [1.82, 2.24) is 20.0 Å². The third-order valence-corrected chi connectivity index (χ3v) is 5.66. The lowest BCUT2D eigenvalue weighted by Gasteiger charge is -2.26. The first kappa shape index (κ1) is 17.3. The van der Waals surface area contributed by atoms with Crippen molar-refractivity contribution in [2.45, 2.75) is 59.0 Å². The van der Waals surface area contributed by atoms with Crippen molar-refractivity contribution in [1.29, 1.82) is 0 Å². The molecule has 1 saturated heterocycles. The number of aromatic nitrogens is 2. The average Bonchev–Trinajstić information content (AvgIpc) is 3.40. The average molecular weight is 356 g/mol. The van der Waals surface area contributed by atoms with Crippen LogP contribution < -0.4 is 0 Å². The van der Waals surface area contributed by atoms with Gasteiger partial charge in [0.2, 0.25) is 0 Å². The van der Waals surface area contributed by atoms with Gasteiger partial charge in [0.05, 0.1) is 5.69 Å². The van der Waals surface area contributed by atoms with E-state index in [1.54, 1.807) is 0 Å². The molecule has 6 nitrogen and oxygen atoms in total. The predicted octanol–water partition coefficient (Wildman–Crippen LogP) is 2.92. The highest BCUT2D eigenvalue weighted by Gasteiger charge is 2.28. The van der Waals surface area contributed by atoms with Crippen LogP contribution in [-0.2, 0) is 32.4 Å². The van der Waals surface area contributed by atoms with Crippen LogP contribution in [0, 0.1) is 0 Å². The number of furan rings is 1. The fourth-order valence-electron chi connectivity index (χ4n) is 4.16. The number of carbonyl (C=O) groups excluding carboxylic acids is 1. The minimum Gasteiger partial charge on any atom is -0.456 e. The molecule has 0 saturated carbocycles. The molecule has 4 heterocycles. The third kappa shape index (κ3) is 3.18. The summed E-state index contributed by atoms with van der Waals surface area (Å²) in [6.45, 7) is 8.71. The van der Waals surface area contributed by atoms with Crippen LogP contribution in [-0.4, -0.2) is 45.5 Å². The highest BCUT2D eigenvalue weighted by Crippen LogP contribution is 2.25. The van der Waals surface area contributed by atoms with E-state index in [0.717, 1.165) is 50.4 Å². The Morgan fingerprint density at radius 2 is 2.04 bits per heavy atom. The number of likely N-dealkylation sites (tertiary alicyclic amines) is 1. The standard InChI is InChI=1S/C20H28N4O2/c1-3-16-15-13-24(10-7-17(15)22-21-16)20(25)19-11-14(18(4-2)26-19)12-23-8-5-6-9-23/h11H,3-10,12-13H2,1-2H3,(H,21,22). The summed E-state index contributed by atoms with van der Waals surface area (Å²) < 4.78 is 5.97. The van der Waals surface area contributed by atoms with Crippen molar-refractivity contribution >= 4 is 5.91 Å². The summed E-state index contributed by atoms with van der Waals surface area (Å²) in [4.78, 5) is 17.4. The zero-order chi connectivity index (χ0) is 18.1. The number of rotatable bonds is 5. The van der Waals surface area contributed by atoms with Crippen molar-refractivity contribution in [3.63, 3.8) is 0 Å². The van der Waals surface area contributed by atoms with Crippen LogP contribution in [0.1, 0.15) is 65.5 Å². The molecular formula is C20H28N4O2. The van der Waals surface area contributed by atoms with Crippen molar-refractivity contribution in [2.24, 2.45) is 0 Å². The van der Waals surface area contributed by atoms with Crippen molar-refractivity contribution in [2.75, 3.05) is 19.6 Å². The molecule has 6 heteroatoms. The van der Waals surface area contributed by atoms with E-state index in [2.05, 4.69) is 28.9 Å². The summed E-state index contributed by atoms with van der Waals surface area (Å²) >= 11 is 0. The molecule has 2 aromatic heterocycles. The van der Waals surface area contributed by atoms with Gasteiger partial charge in [-0.05, 0) is 38.4 Å². The molecule has 1 amide bonds. The summed E-state index contributed by atoms with van der Waals surface area (Å²) in [5, 5.41) is 7.50. The zero-order valence-electron chi connectivity index (χ0n) is 15.8. The number of nitrogens with zero attached hydrogens (tertiary/aromatic N) is 3. The van der Waals surface area contributed by atoms with Gasteiger partial charge in [0, 0.05) is 49.3 Å². The second-order valence-corrected chi connectivity index (χ2v) is 7.35. The number of amides is 1. The molecule has 0 aliphatic carbocycles. The third-order valence-electron chi connectivity index (χ3n) is 5.66. The van der Waals surface area contributed by atoms with Crippen LogP contribution in [0.15, 0.2) is 10.5 Å². The van der Waals surface area contributed by atoms with E-state index < -0.39 is 0 Å². The summed E-state index contributed by atoms with van der Waals surface area (Å²) in [6, 6.07) is 1.98. The van der Waals surface area contributed by atoms with E-state index in [4.69, 9.17) is 4.42 Å². The molecule has 0 unspecified atom stereocenters. The SMILES string of the molecule is CCc1n[nH]c2c1CN(C(=O)c1cc(CN3CCCC3)c(CC)o1)CC2. The number of hydrogen-bond donors (Lipinski definition) is 1. The van der Waals surface area contributed by atoms with E-state index in [1.165, 1.54) is 29.7 Å². The molecule has 0 atom stereocenters. The van der Waals surface area contributed by atoms with Crippen LogP contribution in [0.2, 0.25) is 0 Å². The molecule has 2 aromatic rings. The molecule has 4 rings (SSSR count). The normalized spacial score (nSPS) is 17.7. The quantitative estimate of drug-likeness (QED) is 0.895. The van der Waals surface area contributed by atoms with Crippen LogP contribution >= 0.6 is 0 Å². The van der Waals surface area contributed by atoms with Crippen LogP contribution in [0.5, 0.6) is 0 Å². The second-order valence-electron chi connectivity index (χ2n) is 7.35. The van der Waals surface area contributed by atoms with Gasteiger partial charge in [0.1, 0.15) is 5.76 Å². The minimum absolute atomic E-state index is 0.00118. The molecule has 1 N–H and O–H groups in total. The lowest BCUT2D eigenvalue weighted by Crippen LogP contribution is -2.35. The van der Waals surface area contributed by atoms with Gasteiger partial charge in [-0.15, -0.1) is 0 Å². The first-order valence-electron chi connectivity index (χ1n) is 9.87. The Balaban J connectivity index is 1.52. The largest absolute Gasteiger partial charge is 0.456 e. The fraction of sp³-hybridized carbons (Fsp3) is 0.600. The van der Waals surface area contributed by atoms with Gasteiger partial charge in [0.15, 0.2) is 5.76 Å². The van der Waals surface area contributed by atoms with Gasteiger partial charge in [0.25, 0.3) is 5.91 Å². The number of aromatic amines is 1.